The predicted octanol–water partition coefficient (Wildman–Crippen LogP) is 4.67. The molecule has 34 heavy (non-hydrogen) atoms. The van der Waals surface area contributed by atoms with Crippen LogP contribution >= 0.6 is 11.6 Å². The molecule has 0 radical (unpaired) electrons. The summed E-state index contributed by atoms with van der Waals surface area (Å²) in [6, 6.07) is 1.69. The van der Waals surface area contributed by atoms with Crippen molar-refractivity contribution in [2.24, 2.45) is 11.3 Å². The van der Waals surface area contributed by atoms with Crippen molar-refractivity contribution in [3.05, 3.63) is 46.5 Å². The number of nitrogens with one attached hydrogen (secondary N) is 2. The number of halogens is 3. The van der Waals surface area contributed by atoms with Crippen LogP contribution in [-0.4, -0.2) is 40.2 Å². The van der Waals surface area contributed by atoms with E-state index in [0.29, 0.717) is 45.1 Å². The van der Waals surface area contributed by atoms with E-state index in [1.54, 1.807) is 0 Å². The Morgan fingerprint density at radius 1 is 1.24 bits per heavy atom. The lowest BCUT2D eigenvalue weighted by molar-refractivity contribution is -0.127. The van der Waals surface area contributed by atoms with Crippen molar-refractivity contribution in [1.82, 2.24) is 15.3 Å². The predicted molar refractivity (Wildman–Crippen MR) is 123 cm³/mol. The van der Waals surface area contributed by atoms with Crippen LogP contribution in [0.2, 0.25) is 5.02 Å². The van der Waals surface area contributed by atoms with Crippen molar-refractivity contribution < 1.29 is 23.2 Å². The van der Waals surface area contributed by atoms with Crippen molar-refractivity contribution in [2.45, 2.75) is 58.4 Å². The number of amides is 2. The molecule has 182 valence electrons. The van der Waals surface area contributed by atoms with Crippen LogP contribution in [0.1, 0.15) is 73.3 Å². The van der Waals surface area contributed by atoms with Gasteiger partial charge in [-0.25, -0.2) is 13.8 Å². The fourth-order valence-electron chi connectivity index (χ4n) is 4.95. The number of aromatic nitrogens is 2. The maximum absolute atomic E-state index is 13.8. The van der Waals surface area contributed by atoms with E-state index in [9.17, 15) is 23.2 Å². The Labute approximate surface area is 201 Å². The highest BCUT2D eigenvalue weighted by Gasteiger charge is 2.49. The van der Waals surface area contributed by atoms with E-state index in [2.05, 4.69) is 15.3 Å². The van der Waals surface area contributed by atoms with Gasteiger partial charge in [0.05, 0.1) is 22.5 Å². The van der Waals surface area contributed by atoms with Gasteiger partial charge in [-0.3, -0.25) is 14.4 Å². The first-order valence-corrected chi connectivity index (χ1v) is 11.8. The zero-order chi connectivity index (χ0) is 24.6. The minimum Gasteiger partial charge on any atom is -0.348 e. The highest BCUT2D eigenvalue weighted by Crippen LogP contribution is 2.47. The molecule has 2 heterocycles. The molecule has 4 rings (SSSR count). The molecule has 7 nitrogen and oxygen atoms in total. The Hall–Kier alpha value is -2.81. The third-order valence-electron chi connectivity index (χ3n) is 6.80. The highest BCUT2D eigenvalue weighted by molar-refractivity contribution is 6.34. The molecule has 0 bridgehead atoms. The van der Waals surface area contributed by atoms with Crippen molar-refractivity contribution in [3.8, 4) is 0 Å². The zero-order valence-corrected chi connectivity index (χ0v) is 19.8. The number of nitrogens with zero attached hydrogens (tertiary/aromatic N) is 2. The summed E-state index contributed by atoms with van der Waals surface area (Å²) in [5.74, 6) is -2.68. The van der Waals surface area contributed by atoms with Gasteiger partial charge in [0.25, 0.3) is 5.91 Å². The molecule has 10 heteroatoms. The second-order valence-electron chi connectivity index (χ2n) is 9.60. The normalized spacial score (nSPS) is 22.6. The second-order valence-corrected chi connectivity index (χ2v) is 10.0. The van der Waals surface area contributed by atoms with Gasteiger partial charge < -0.3 is 15.2 Å². The number of Topliss-reactive ketones (excluding diaryl/α,β-unsaturated/α-hetero) is 1. The lowest BCUT2D eigenvalue weighted by Gasteiger charge is -2.36. The Kier molecular flexibility index (Phi) is 6.75. The number of carbonyl (C=O) groups is 3. The molecule has 1 aliphatic carbocycles. The number of aromatic amines is 1. The van der Waals surface area contributed by atoms with Crippen LogP contribution in [0.5, 0.6) is 0 Å². The maximum Gasteiger partial charge on any atom is 0.270 e. The number of rotatable bonds is 6. The van der Waals surface area contributed by atoms with E-state index < -0.39 is 23.0 Å². The summed E-state index contributed by atoms with van der Waals surface area (Å²) in [7, 11) is 0. The molecule has 1 spiro atoms. The van der Waals surface area contributed by atoms with E-state index in [0.717, 1.165) is 12.1 Å². The summed E-state index contributed by atoms with van der Waals surface area (Å²) < 4.78 is 27.2. The first-order chi connectivity index (χ1) is 16.1. The summed E-state index contributed by atoms with van der Waals surface area (Å²) in [5, 5.41) is 2.95. The summed E-state index contributed by atoms with van der Waals surface area (Å²) in [6.07, 6.45) is 4.50. The molecule has 2 aromatic rings. The van der Waals surface area contributed by atoms with Gasteiger partial charge in [-0.1, -0.05) is 25.4 Å². The SMILES string of the molecule is CC(C)CC(=O)c1nc[nH]c1C(=O)NC1CCC2(CC1)CCN(c1cc(F)c(F)cc1Cl)C2=O. The standard InChI is InChI=1S/C24H27ClF2N4O3/c1-13(2)9-19(32)20-21(29-12-28-20)22(33)30-14-3-5-24(6-4-14)7-8-31(23(24)34)18-11-17(27)16(26)10-15(18)25/h10-14H,3-9H2,1-2H3,(H,28,29)(H,30,33). The number of hydrogen-bond acceptors (Lipinski definition) is 4. The van der Waals surface area contributed by atoms with Crippen LogP contribution in [0, 0.1) is 23.0 Å². The van der Waals surface area contributed by atoms with Crippen molar-refractivity contribution in [1.29, 1.82) is 0 Å². The summed E-state index contributed by atoms with van der Waals surface area (Å²) in [6.45, 7) is 4.22. The molecule has 2 amide bonds. The fraction of sp³-hybridized carbons (Fsp3) is 0.500. The monoisotopic (exact) mass is 492 g/mol. The van der Waals surface area contributed by atoms with Crippen LogP contribution in [0.25, 0.3) is 0 Å². The van der Waals surface area contributed by atoms with Crippen LogP contribution in [0.3, 0.4) is 0 Å². The molecule has 1 aromatic carbocycles. The van der Waals surface area contributed by atoms with Gasteiger partial charge in [-0.15, -0.1) is 0 Å². The Bertz CT molecular complexity index is 1130. The molecule has 2 N–H and O–H groups in total. The summed E-state index contributed by atoms with van der Waals surface area (Å²) >= 11 is 6.09. The van der Waals surface area contributed by atoms with E-state index in [1.165, 1.54) is 11.2 Å². The van der Waals surface area contributed by atoms with Gasteiger partial charge in [0, 0.05) is 25.1 Å². The third kappa shape index (κ3) is 4.58. The van der Waals surface area contributed by atoms with Crippen LogP contribution in [-0.2, 0) is 4.79 Å². The Morgan fingerprint density at radius 2 is 1.91 bits per heavy atom. The first-order valence-electron chi connectivity index (χ1n) is 11.5. The molecule has 2 aliphatic rings. The number of anilines is 1. The van der Waals surface area contributed by atoms with Crippen molar-refractivity contribution in [3.63, 3.8) is 0 Å². The van der Waals surface area contributed by atoms with Crippen LogP contribution in [0.4, 0.5) is 14.5 Å². The van der Waals surface area contributed by atoms with E-state index in [-0.39, 0.29) is 45.7 Å². The highest BCUT2D eigenvalue weighted by atomic mass is 35.5. The van der Waals surface area contributed by atoms with Crippen molar-refractivity contribution in [2.75, 3.05) is 11.4 Å². The Morgan fingerprint density at radius 3 is 2.59 bits per heavy atom. The lowest BCUT2D eigenvalue weighted by Crippen LogP contribution is -2.44. The molecule has 1 saturated heterocycles. The van der Waals surface area contributed by atoms with Gasteiger partial charge >= 0.3 is 0 Å². The topological polar surface area (TPSA) is 95.2 Å². The minimum atomic E-state index is -1.06. The van der Waals surface area contributed by atoms with Gasteiger partial charge in [0.2, 0.25) is 5.91 Å². The Balaban J connectivity index is 1.39. The number of carbonyl (C=O) groups excluding carboxylic acids is 3. The molecule has 2 fully saturated rings. The maximum atomic E-state index is 13.8. The van der Waals surface area contributed by atoms with Gasteiger partial charge in [0.15, 0.2) is 17.4 Å². The average Bonchev–Trinajstić information content (AvgIpc) is 3.38. The van der Waals surface area contributed by atoms with Crippen molar-refractivity contribution >= 4 is 34.9 Å². The fourth-order valence-corrected chi connectivity index (χ4v) is 5.20. The molecule has 1 saturated carbocycles. The number of ketones is 1. The quantitative estimate of drug-likeness (QED) is 0.452. The average molecular weight is 493 g/mol. The number of benzene rings is 1. The smallest absolute Gasteiger partial charge is 0.270 e. The van der Waals surface area contributed by atoms with Crippen LogP contribution in [0.15, 0.2) is 18.5 Å². The van der Waals surface area contributed by atoms with Gasteiger partial charge in [-0.2, -0.15) is 0 Å². The molecule has 1 aliphatic heterocycles. The zero-order valence-electron chi connectivity index (χ0n) is 19.1. The minimum absolute atomic E-state index is 0.00683. The van der Waals surface area contributed by atoms with Crippen LogP contribution < -0.4 is 10.2 Å². The summed E-state index contributed by atoms with van der Waals surface area (Å²) in [5.41, 5.74) is -0.136. The third-order valence-corrected chi connectivity index (χ3v) is 7.10. The van der Waals surface area contributed by atoms with E-state index in [4.69, 9.17) is 11.6 Å². The second kappa shape index (κ2) is 9.44. The molecule has 0 atom stereocenters. The molecular weight excluding hydrogens is 466 g/mol. The summed E-state index contributed by atoms with van der Waals surface area (Å²) in [4.78, 5) is 46.7. The number of H-pyrrole nitrogens is 1. The molecular formula is C24H27ClF2N4O3. The molecule has 0 unspecified atom stereocenters. The number of hydrogen-bond donors (Lipinski definition) is 2. The number of imidazole rings is 1. The first kappa shape index (κ1) is 24.3. The largest absolute Gasteiger partial charge is 0.348 e. The van der Waals surface area contributed by atoms with Gasteiger partial charge in [-0.05, 0) is 44.1 Å². The van der Waals surface area contributed by atoms with E-state index >= 15 is 0 Å². The van der Waals surface area contributed by atoms with E-state index in [1.807, 2.05) is 13.8 Å². The molecule has 1 aromatic heterocycles. The lowest BCUT2D eigenvalue weighted by atomic mass is 9.71. The van der Waals surface area contributed by atoms with Gasteiger partial charge in [0.1, 0.15) is 11.4 Å².